The first kappa shape index (κ1) is 51.2. The Kier molecular flexibility index (Phi) is 14.5. The van der Waals surface area contributed by atoms with E-state index in [0.29, 0.717) is 59.8 Å². The molecule has 7 aromatic rings. The van der Waals surface area contributed by atoms with Crippen LogP contribution in [-0.2, 0) is 34.3 Å². The number of unbranched alkanes of at least 4 members (excludes halogenated alkanes) is 1. The monoisotopic (exact) mass is 1040 g/mol. The number of amides is 3. The number of thiazole rings is 1. The van der Waals surface area contributed by atoms with Crippen molar-refractivity contribution in [2.75, 3.05) is 36.4 Å². The number of imide groups is 1. The number of likely N-dealkylation sites (tertiary alicyclic amines) is 1. The molecule has 2 N–H and O–H groups in total. The fourth-order valence-electron chi connectivity index (χ4n) is 12.0. The van der Waals surface area contributed by atoms with Gasteiger partial charge in [0.2, 0.25) is 11.8 Å². The molecule has 3 aromatic heterocycles. The molecular weight excluding hydrogens is 973 g/mol. The summed E-state index contributed by atoms with van der Waals surface area (Å²) in [5, 5.41) is 11.8. The quantitative estimate of drug-likeness (QED) is 0.0606. The number of carbonyl (C=O) groups excluding carboxylic acids is 4. The van der Waals surface area contributed by atoms with Crippen LogP contribution in [0.15, 0.2) is 91.0 Å². The maximum Gasteiger partial charge on any atom is 0.358 e. The number of para-hydroxylation sites is 1. The molecule has 3 fully saturated rings. The predicted octanol–water partition coefficient (Wildman–Crippen LogP) is 11.4. The van der Waals surface area contributed by atoms with Crippen LogP contribution in [0.2, 0.25) is 0 Å². The molecule has 76 heavy (non-hydrogen) atoms. The van der Waals surface area contributed by atoms with Gasteiger partial charge in [-0.1, -0.05) is 72.7 Å². The number of ether oxygens (including phenoxy) is 2. The van der Waals surface area contributed by atoms with E-state index >= 15 is 0 Å². The van der Waals surface area contributed by atoms with Gasteiger partial charge in [0.15, 0.2) is 10.8 Å². The van der Waals surface area contributed by atoms with Crippen molar-refractivity contribution in [3.05, 3.63) is 130 Å². The number of pyridine rings is 1. The zero-order valence-electron chi connectivity index (χ0n) is 44.3. The molecule has 11 rings (SSSR count). The lowest BCUT2D eigenvalue weighted by Gasteiger charge is -2.31. The summed E-state index contributed by atoms with van der Waals surface area (Å²) in [6.45, 7) is 12.1. The summed E-state index contributed by atoms with van der Waals surface area (Å²) in [7, 11) is 1.94. The zero-order valence-corrected chi connectivity index (χ0v) is 45.1. The summed E-state index contributed by atoms with van der Waals surface area (Å²) in [5.41, 5.74) is 8.67. The lowest BCUT2D eigenvalue weighted by molar-refractivity contribution is -0.134. The second-order valence-electron chi connectivity index (χ2n) is 22.4. The van der Waals surface area contributed by atoms with Gasteiger partial charge in [0.05, 0.1) is 33.4 Å². The number of hydrogen-bond donors (Lipinski definition) is 2. The van der Waals surface area contributed by atoms with Crippen molar-refractivity contribution in [2.45, 2.75) is 128 Å². The number of hydrogen-bond acceptors (Lipinski definition) is 12. The third-order valence-electron chi connectivity index (χ3n) is 16.0. The molecule has 6 heterocycles. The first-order valence-electron chi connectivity index (χ1n) is 27.3. The van der Waals surface area contributed by atoms with Gasteiger partial charge in [0, 0.05) is 49.6 Å². The Labute approximate surface area is 448 Å². The fraction of sp³-hybridized carbons (Fsp3) is 0.426. The third-order valence-corrected chi connectivity index (χ3v) is 17.0. The summed E-state index contributed by atoms with van der Waals surface area (Å²) in [6.07, 6.45) is 10.8. The molecule has 3 aliphatic heterocycles. The van der Waals surface area contributed by atoms with Crippen LogP contribution in [-0.4, -0.2) is 86.2 Å². The summed E-state index contributed by atoms with van der Waals surface area (Å²) in [5.74, 6) is 1.10. The van der Waals surface area contributed by atoms with E-state index in [4.69, 9.17) is 19.6 Å². The molecule has 2 atom stereocenters. The van der Waals surface area contributed by atoms with E-state index in [0.717, 1.165) is 113 Å². The van der Waals surface area contributed by atoms with Gasteiger partial charge >= 0.3 is 5.97 Å². The fourth-order valence-corrected chi connectivity index (χ4v) is 12.9. The van der Waals surface area contributed by atoms with Crippen LogP contribution < -0.4 is 20.3 Å². The minimum atomic E-state index is -0.730. The molecule has 0 bridgehead atoms. The van der Waals surface area contributed by atoms with Gasteiger partial charge in [-0.25, -0.2) is 14.8 Å². The topological polar surface area (TPSA) is 161 Å². The highest BCUT2D eigenvalue weighted by molar-refractivity contribution is 7.22. The van der Waals surface area contributed by atoms with E-state index in [-0.39, 0.29) is 29.5 Å². The summed E-state index contributed by atoms with van der Waals surface area (Å²) >= 11 is 1.45. The molecule has 15 heteroatoms. The van der Waals surface area contributed by atoms with E-state index in [2.05, 4.69) is 56.6 Å². The second kappa shape index (κ2) is 21.6. The largest absolute Gasteiger partial charge is 0.490 e. The minimum Gasteiger partial charge on any atom is -0.490 e. The molecule has 0 radical (unpaired) electrons. The average molecular weight is 1040 g/mol. The Morgan fingerprint density at radius 1 is 0.855 bits per heavy atom. The molecule has 1 aliphatic carbocycles. The van der Waals surface area contributed by atoms with Crippen molar-refractivity contribution in [1.82, 2.24) is 30.0 Å². The van der Waals surface area contributed by atoms with Crippen LogP contribution in [0, 0.1) is 12.8 Å². The number of nitrogens with one attached hydrogen (secondary N) is 2. The maximum atomic E-state index is 14.1. The van der Waals surface area contributed by atoms with E-state index in [1.807, 2.05) is 99.2 Å². The number of piperidine rings is 1. The number of esters is 1. The highest BCUT2D eigenvalue weighted by Gasteiger charge is 2.33. The molecule has 1 saturated carbocycles. The first-order valence-corrected chi connectivity index (χ1v) is 28.1. The highest BCUT2D eigenvalue weighted by Crippen LogP contribution is 2.39. The van der Waals surface area contributed by atoms with E-state index in [1.54, 1.807) is 0 Å². The molecule has 4 aromatic carbocycles. The van der Waals surface area contributed by atoms with E-state index in [1.165, 1.54) is 36.2 Å². The molecule has 3 amide bonds. The standard InChI is InChI=1S/C61H68N8O6S/c1-37-43(44-25-27-53(63-56(44)59(73)75-61(2,3)4)69-33-30-39-13-10-15-45(48(39)36-69)57(71)65-60-62-49-16-6-7-18-52(49)76-60)14-11-17-51(37)74-42-22-19-38(20-23-42)12-8-9-31-68-32-29-41(35-68)40-21-24-46-50(34-40)67(5)66-55(46)47-26-28-54(70)64-58(47)72/h6-7,10-11,13-18,21,24-25,27,34,38,41-42,47H,8-9,12,19-20,22-23,26,28-33,35-36H2,1-5H3,(H,62,65,71)(H,64,70,72)/t38?,41-,42?,47?/m1/s1. The van der Waals surface area contributed by atoms with Crippen molar-refractivity contribution in [3.8, 4) is 16.9 Å². The SMILES string of the molecule is Cc1c(OC2CCC(CCCCN3CC[C@@H](c4ccc5c(C6CCC(=O)NC6=O)nn(C)c5c4)C3)CC2)cccc1-c1ccc(N2CCc3cccc(C(=O)Nc4nc5ccccc5s4)c3C2)nc1C(=O)OC(C)(C)C. The average Bonchev–Trinajstić information content (AvgIpc) is 4.17. The van der Waals surface area contributed by atoms with Crippen LogP contribution in [0.25, 0.3) is 32.2 Å². The predicted molar refractivity (Wildman–Crippen MR) is 298 cm³/mol. The maximum absolute atomic E-state index is 14.1. The molecule has 0 spiro atoms. The number of aromatic nitrogens is 4. The molecule has 2 saturated heterocycles. The van der Waals surface area contributed by atoms with Crippen molar-refractivity contribution in [3.63, 3.8) is 0 Å². The van der Waals surface area contributed by atoms with Crippen molar-refractivity contribution < 1.29 is 28.7 Å². The summed E-state index contributed by atoms with van der Waals surface area (Å²) < 4.78 is 15.7. The Morgan fingerprint density at radius 2 is 1.68 bits per heavy atom. The normalized spacial score (nSPS) is 20.2. The lowest BCUT2D eigenvalue weighted by Crippen LogP contribution is -2.39. The number of benzene rings is 4. The van der Waals surface area contributed by atoms with Gasteiger partial charge in [-0.3, -0.25) is 29.7 Å². The number of carbonyl (C=O) groups is 4. The van der Waals surface area contributed by atoms with Gasteiger partial charge in [0.1, 0.15) is 17.2 Å². The number of rotatable bonds is 14. The van der Waals surface area contributed by atoms with Crippen LogP contribution in [0.3, 0.4) is 0 Å². The Balaban J connectivity index is 0.690. The Bertz CT molecular complexity index is 3320. The molecule has 1 unspecified atom stereocenters. The molecule has 394 valence electrons. The zero-order chi connectivity index (χ0) is 52.7. The van der Waals surface area contributed by atoms with Crippen LogP contribution >= 0.6 is 11.3 Å². The second-order valence-corrected chi connectivity index (χ2v) is 23.4. The number of fused-ring (bicyclic) bond motifs is 3. The number of aryl methyl sites for hydroxylation is 1. The van der Waals surface area contributed by atoms with Gasteiger partial charge in [-0.15, -0.1) is 0 Å². The molecular formula is C61H68N8O6S. The van der Waals surface area contributed by atoms with Gasteiger partial charge in [-0.2, -0.15) is 5.10 Å². The highest BCUT2D eigenvalue weighted by atomic mass is 32.1. The number of anilines is 2. The lowest BCUT2D eigenvalue weighted by atomic mass is 9.84. The Hall–Kier alpha value is -6.97. The van der Waals surface area contributed by atoms with Crippen molar-refractivity contribution in [2.24, 2.45) is 13.0 Å². The summed E-state index contributed by atoms with van der Waals surface area (Å²) in [6, 6.07) is 30.4. The molecule has 14 nitrogen and oxygen atoms in total. The number of nitrogens with zero attached hydrogens (tertiary/aromatic N) is 6. The van der Waals surface area contributed by atoms with E-state index in [9.17, 15) is 19.2 Å². The first-order chi connectivity index (χ1) is 36.7. The van der Waals surface area contributed by atoms with Gasteiger partial charge < -0.3 is 19.3 Å². The summed E-state index contributed by atoms with van der Waals surface area (Å²) in [4.78, 5) is 66.8. The van der Waals surface area contributed by atoms with Crippen LogP contribution in [0.5, 0.6) is 5.75 Å². The smallest absolute Gasteiger partial charge is 0.358 e. The van der Waals surface area contributed by atoms with Crippen molar-refractivity contribution in [1.29, 1.82) is 0 Å². The van der Waals surface area contributed by atoms with E-state index < -0.39 is 17.5 Å². The van der Waals surface area contributed by atoms with Crippen LogP contribution in [0.4, 0.5) is 10.9 Å². The minimum absolute atomic E-state index is 0.127. The van der Waals surface area contributed by atoms with Crippen LogP contribution in [0.1, 0.15) is 146 Å². The third kappa shape index (κ3) is 11.0. The van der Waals surface area contributed by atoms with Gasteiger partial charge in [-0.05, 0) is 174 Å². The van der Waals surface area contributed by atoms with Crippen molar-refractivity contribution >= 4 is 67.1 Å². The molecule has 4 aliphatic rings. The Morgan fingerprint density at radius 3 is 2.50 bits per heavy atom. The van der Waals surface area contributed by atoms with Gasteiger partial charge in [0.25, 0.3) is 5.91 Å².